The molecule has 1 aromatic carbocycles. The minimum atomic E-state index is -0.258. The lowest BCUT2D eigenvalue weighted by Gasteiger charge is -2.11. The van der Waals surface area contributed by atoms with E-state index in [1.54, 1.807) is 10.7 Å². The summed E-state index contributed by atoms with van der Waals surface area (Å²) < 4.78 is 15.8. The number of nitrogens with zero attached hydrogens (tertiary/aromatic N) is 2. The fraction of sp³-hybridized carbons (Fsp3) is 0.357. The van der Waals surface area contributed by atoms with Gasteiger partial charge in [-0.2, -0.15) is 5.10 Å². The summed E-state index contributed by atoms with van der Waals surface area (Å²) in [7, 11) is 0. The second kappa shape index (κ2) is 4.90. The van der Waals surface area contributed by atoms with E-state index in [0.717, 1.165) is 22.5 Å². The standard InChI is InChI=1S/C14H18FN3/c1-9-10(2)17-18(11(9)3)14-12(7-8-16)5-4-6-13(14)15/h4-6H,7-8,16H2,1-3H3. The molecule has 0 unspecified atom stereocenters. The molecule has 0 aliphatic carbocycles. The summed E-state index contributed by atoms with van der Waals surface area (Å²) in [5.74, 6) is -0.258. The van der Waals surface area contributed by atoms with E-state index in [0.29, 0.717) is 18.7 Å². The van der Waals surface area contributed by atoms with Crippen LogP contribution in [0.4, 0.5) is 4.39 Å². The van der Waals surface area contributed by atoms with Gasteiger partial charge in [-0.1, -0.05) is 12.1 Å². The second-order valence-corrected chi connectivity index (χ2v) is 4.49. The van der Waals surface area contributed by atoms with E-state index in [-0.39, 0.29) is 5.82 Å². The molecule has 2 rings (SSSR count). The molecule has 3 nitrogen and oxygen atoms in total. The fourth-order valence-electron chi connectivity index (χ4n) is 2.09. The smallest absolute Gasteiger partial charge is 0.149 e. The molecular weight excluding hydrogens is 229 g/mol. The van der Waals surface area contributed by atoms with Gasteiger partial charge in [0, 0.05) is 5.69 Å². The van der Waals surface area contributed by atoms with Gasteiger partial charge < -0.3 is 5.73 Å². The van der Waals surface area contributed by atoms with Gasteiger partial charge in [0.05, 0.1) is 5.69 Å². The molecule has 0 fully saturated rings. The molecule has 1 aromatic heterocycles. The van der Waals surface area contributed by atoms with E-state index in [9.17, 15) is 4.39 Å². The van der Waals surface area contributed by atoms with Crippen LogP contribution in [-0.2, 0) is 6.42 Å². The molecule has 0 saturated heterocycles. The van der Waals surface area contributed by atoms with Crippen LogP contribution in [0.2, 0.25) is 0 Å². The Kier molecular flexibility index (Phi) is 3.48. The Balaban J connectivity index is 2.65. The van der Waals surface area contributed by atoms with Gasteiger partial charge in [0.25, 0.3) is 0 Å². The lowest BCUT2D eigenvalue weighted by molar-refractivity contribution is 0.604. The van der Waals surface area contributed by atoms with E-state index in [1.807, 2.05) is 26.8 Å². The van der Waals surface area contributed by atoms with E-state index in [1.165, 1.54) is 6.07 Å². The Hall–Kier alpha value is -1.68. The molecule has 0 spiro atoms. The van der Waals surface area contributed by atoms with Gasteiger partial charge in [0.15, 0.2) is 0 Å². The SMILES string of the molecule is Cc1nn(-c2c(F)cccc2CCN)c(C)c1C. The van der Waals surface area contributed by atoms with Crippen molar-refractivity contribution in [1.29, 1.82) is 0 Å². The minimum Gasteiger partial charge on any atom is -0.330 e. The minimum absolute atomic E-state index is 0.258. The highest BCUT2D eigenvalue weighted by Crippen LogP contribution is 2.23. The Morgan fingerprint density at radius 2 is 2.00 bits per heavy atom. The van der Waals surface area contributed by atoms with Crippen LogP contribution in [0.1, 0.15) is 22.5 Å². The van der Waals surface area contributed by atoms with Crippen molar-refractivity contribution in [1.82, 2.24) is 9.78 Å². The summed E-state index contributed by atoms with van der Waals surface area (Å²) in [6.45, 7) is 6.38. The first-order valence-corrected chi connectivity index (χ1v) is 6.07. The summed E-state index contributed by atoms with van der Waals surface area (Å²) in [5.41, 5.74) is 9.98. The maximum absolute atomic E-state index is 14.1. The van der Waals surface area contributed by atoms with Crippen molar-refractivity contribution in [3.63, 3.8) is 0 Å². The van der Waals surface area contributed by atoms with E-state index in [2.05, 4.69) is 5.10 Å². The third-order valence-corrected chi connectivity index (χ3v) is 3.35. The molecule has 18 heavy (non-hydrogen) atoms. The molecular formula is C14H18FN3. The summed E-state index contributed by atoms with van der Waals surface area (Å²) >= 11 is 0. The van der Waals surface area contributed by atoms with Crippen LogP contribution in [0.3, 0.4) is 0 Å². The molecule has 0 bridgehead atoms. The van der Waals surface area contributed by atoms with Crippen molar-refractivity contribution in [2.24, 2.45) is 5.73 Å². The quantitative estimate of drug-likeness (QED) is 0.905. The molecule has 0 aliphatic rings. The van der Waals surface area contributed by atoms with E-state index in [4.69, 9.17) is 5.73 Å². The lowest BCUT2D eigenvalue weighted by atomic mass is 10.1. The van der Waals surface area contributed by atoms with Crippen LogP contribution < -0.4 is 5.73 Å². The largest absolute Gasteiger partial charge is 0.330 e. The summed E-state index contributed by atoms with van der Waals surface area (Å²) in [5, 5.41) is 4.42. The lowest BCUT2D eigenvalue weighted by Crippen LogP contribution is -2.10. The summed E-state index contributed by atoms with van der Waals surface area (Å²) in [6, 6.07) is 5.07. The Labute approximate surface area is 106 Å². The Morgan fingerprint density at radius 1 is 1.28 bits per heavy atom. The van der Waals surface area contributed by atoms with Crippen LogP contribution >= 0.6 is 0 Å². The van der Waals surface area contributed by atoms with Crippen molar-refractivity contribution in [2.75, 3.05) is 6.54 Å². The van der Waals surface area contributed by atoms with Gasteiger partial charge in [-0.3, -0.25) is 0 Å². The maximum Gasteiger partial charge on any atom is 0.149 e. The molecule has 96 valence electrons. The molecule has 2 N–H and O–H groups in total. The Morgan fingerprint density at radius 3 is 2.56 bits per heavy atom. The molecule has 0 amide bonds. The third kappa shape index (κ3) is 2.04. The van der Waals surface area contributed by atoms with Gasteiger partial charge in [-0.05, 0) is 50.9 Å². The number of rotatable bonds is 3. The predicted octanol–water partition coefficient (Wildman–Crippen LogP) is 2.44. The topological polar surface area (TPSA) is 43.8 Å². The average molecular weight is 247 g/mol. The Bertz CT molecular complexity index is 573. The van der Waals surface area contributed by atoms with Gasteiger partial charge in [-0.15, -0.1) is 0 Å². The monoisotopic (exact) mass is 247 g/mol. The number of hydrogen-bond donors (Lipinski definition) is 1. The first-order chi connectivity index (χ1) is 8.56. The van der Waals surface area contributed by atoms with Crippen LogP contribution in [0, 0.1) is 26.6 Å². The number of aromatic nitrogens is 2. The van der Waals surface area contributed by atoms with Gasteiger partial charge in [-0.25, -0.2) is 9.07 Å². The third-order valence-electron chi connectivity index (χ3n) is 3.35. The number of benzene rings is 1. The van der Waals surface area contributed by atoms with Crippen molar-refractivity contribution in [3.05, 3.63) is 46.5 Å². The summed E-state index contributed by atoms with van der Waals surface area (Å²) in [4.78, 5) is 0. The summed E-state index contributed by atoms with van der Waals surface area (Å²) in [6.07, 6.45) is 0.643. The number of aryl methyl sites for hydroxylation is 1. The molecule has 2 aromatic rings. The highest BCUT2D eigenvalue weighted by atomic mass is 19.1. The van der Waals surface area contributed by atoms with Crippen LogP contribution in [0.15, 0.2) is 18.2 Å². The first kappa shape index (κ1) is 12.8. The first-order valence-electron chi connectivity index (χ1n) is 6.07. The van der Waals surface area contributed by atoms with Crippen molar-refractivity contribution < 1.29 is 4.39 Å². The van der Waals surface area contributed by atoms with E-state index >= 15 is 0 Å². The van der Waals surface area contributed by atoms with Crippen LogP contribution in [-0.4, -0.2) is 16.3 Å². The van der Waals surface area contributed by atoms with Crippen molar-refractivity contribution in [2.45, 2.75) is 27.2 Å². The van der Waals surface area contributed by atoms with Crippen molar-refractivity contribution in [3.8, 4) is 5.69 Å². The van der Waals surface area contributed by atoms with Gasteiger partial charge in [0.1, 0.15) is 11.5 Å². The van der Waals surface area contributed by atoms with Gasteiger partial charge >= 0.3 is 0 Å². The highest BCUT2D eigenvalue weighted by molar-refractivity contribution is 5.44. The van der Waals surface area contributed by atoms with E-state index < -0.39 is 0 Å². The average Bonchev–Trinajstić information content (AvgIpc) is 2.58. The number of halogens is 1. The van der Waals surface area contributed by atoms with Crippen LogP contribution in [0.5, 0.6) is 0 Å². The molecule has 0 radical (unpaired) electrons. The number of nitrogens with two attached hydrogens (primary N) is 1. The zero-order valence-electron chi connectivity index (χ0n) is 11.0. The molecule has 4 heteroatoms. The highest BCUT2D eigenvalue weighted by Gasteiger charge is 2.15. The second-order valence-electron chi connectivity index (χ2n) is 4.49. The molecule has 0 atom stereocenters. The zero-order chi connectivity index (χ0) is 13.3. The molecule has 1 heterocycles. The number of para-hydroxylation sites is 1. The van der Waals surface area contributed by atoms with Crippen LogP contribution in [0.25, 0.3) is 5.69 Å². The molecule has 0 saturated carbocycles. The molecule has 0 aliphatic heterocycles. The number of hydrogen-bond acceptors (Lipinski definition) is 2. The van der Waals surface area contributed by atoms with Crippen molar-refractivity contribution >= 4 is 0 Å². The zero-order valence-corrected chi connectivity index (χ0v) is 11.0. The fourth-order valence-corrected chi connectivity index (χ4v) is 2.09. The predicted molar refractivity (Wildman–Crippen MR) is 70.5 cm³/mol. The van der Waals surface area contributed by atoms with Gasteiger partial charge in [0.2, 0.25) is 0 Å². The maximum atomic E-state index is 14.1. The normalized spacial score (nSPS) is 10.9.